The molecular formula is C18H17N3O2. The van der Waals surface area contributed by atoms with Crippen molar-refractivity contribution < 1.29 is 9.21 Å². The quantitative estimate of drug-likeness (QED) is 0.725. The van der Waals surface area contributed by atoms with E-state index < -0.39 is 0 Å². The average molecular weight is 307 g/mol. The third-order valence-electron chi connectivity index (χ3n) is 3.50. The molecule has 5 nitrogen and oxygen atoms in total. The Morgan fingerprint density at radius 1 is 1.04 bits per heavy atom. The maximum atomic E-state index is 11.2. The number of Topliss-reactive ketones (excluding diaryl/α,β-unsaturated/α-hetero) is 1. The first-order valence-corrected chi connectivity index (χ1v) is 7.36. The molecule has 3 rings (SSSR count). The first kappa shape index (κ1) is 15.0. The zero-order chi connectivity index (χ0) is 16.2. The zero-order valence-corrected chi connectivity index (χ0v) is 13.0. The standard InChI is InChI=1S/C18H17N3O2/c1-12-3-5-15(6-4-12)18-21-20-17(23-18)11-19-16-9-7-14(8-10-16)13(2)22/h3-10,19H,11H2,1-2H3. The lowest BCUT2D eigenvalue weighted by molar-refractivity contribution is 0.101. The lowest BCUT2D eigenvalue weighted by Gasteiger charge is -2.04. The van der Waals surface area contributed by atoms with Gasteiger partial charge >= 0.3 is 0 Å². The van der Waals surface area contributed by atoms with Crippen molar-refractivity contribution in [3.63, 3.8) is 0 Å². The smallest absolute Gasteiger partial charge is 0.247 e. The minimum atomic E-state index is 0.0520. The second-order valence-corrected chi connectivity index (χ2v) is 5.35. The fraction of sp³-hybridized carbons (Fsp3) is 0.167. The number of hydrogen-bond acceptors (Lipinski definition) is 5. The number of ketones is 1. The van der Waals surface area contributed by atoms with Crippen LogP contribution in [0, 0.1) is 6.92 Å². The van der Waals surface area contributed by atoms with Crippen LogP contribution in [-0.2, 0) is 6.54 Å². The second kappa shape index (κ2) is 6.44. The Hall–Kier alpha value is -2.95. The number of aromatic nitrogens is 2. The highest BCUT2D eigenvalue weighted by molar-refractivity contribution is 5.94. The second-order valence-electron chi connectivity index (χ2n) is 5.35. The third kappa shape index (κ3) is 3.63. The van der Waals surface area contributed by atoms with Crippen LogP contribution in [0.2, 0.25) is 0 Å². The summed E-state index contributed by atoms with van der Waals surface area (Å²) in [6.07, 6.45) is 0. The Labute approximate surface area is 134 Å². The number of aryl methyl sites for hydroxylation is 1. The summed E-state index contributed by atoms with van der Waals surface area (Å²) in [5.41, 5.74) is 3.67. The number of carbonyl (C=O) groups excluding carboxylic acids is 1. The van der Waals surface area contributed by atoms with Gasteiger partial charge < -0.3 is 9.73 Å². The molecule has 1 aromatic heterocycles. The van der Waals surface area contributed by atoms with Crippen molar-refractivity contribution in [1.29, 1.82) is 0 Å². The van der Waals surface area contributed by atoms with E-state index in [0.717, 1.165) is 11.3 Å². The van der Waals surface area contributed by atoms with E-state index in [2.05, 4.69) is 15.5 Å². The molecule has 0 aliphatic carbocycles. The van der Waals surface area contributed by atoms with Crippen LogP contribution >= 0.6 is 0 Å². The van der Waals surface area contributed by atoms with Crippen LogP contribution in [-0.4, -0.2) is 16.0 Å². The van der Waals surface area contributed by atoms with Gasteiger partial charge in [-0.15, -0.1) is 10.2 Å². The van der Waals surface area contributed by atoms with Crippen LogP contribution in [0.1, 0.15) is 28.7 Å². The fourth-order valence-corrected chi connectivity index (χ4v) is 2.14. The molecule has 3 aromatic rings. The van der Waals surface area contributed by atoms with E-state index in [-0.39, 0.29) is 5.78 Å². The zero-order valence-electron chi connectivity index (χ0n) is 13.0. The van der Waals surface area contributed by atoms with Gasteiger partial charge in [-0.05, 0) is 50.2 Å². The molecule has 0 spiro atoms. The lowest BCUT2D eigenvalue weighted by atomic mass is 10.1. The van der Waals surface area contributed by atoms with Crippen molar-refractivity contribution in [2.75, 3.05) is 5.32 Å². The molecule has 116 valence electrons. The summed E-state index contributed by atoms with van der Waals surface area (Å²) >= 11 is 0. The molecule has 2 aromatic carbocycles. The van der Waals surface area contributed by atoms with Gasteiger partial charge in [0.2, 0.25) is 11.8 Å². The molecule has 0 atom stereocenters. The number of carbonyl (C=O) groups is 1. The molecule has 0 saturated heterocycles. The minimum absolute atomic E-state index is 0.0520. The van der Waals surface area contributed by atoms with E-state index in [4.69, 9.17) is 4.42 Å². The molecule has 0 amide bonds. The van der Waals surface area contributed by atoms with Crippen LogP contribution in [0.3, 0.4) is 0 Å². The minimum Gasteiger partial charge on any atom is -0.419 e. The van der Waals surface area contributed by atoms with Gasteiger partial charge in [0.05, 0.1) is 6.54 Å². The fourth-order valence-electron chi connectivity index (χ4n) is 2.14. The average Bonchev–Trinajstić information content (AvgIpc) is 3.03. The van der Waals surface area contributed by atoms with Gasteiger partial charge in [-0.2, -0.15) is 0 Å². The van der Waals surface area contributed by atoms with Crippen LogP contribution in [0.4, 0.5) is 5.69 Å². The van der Waals surface area contributed by atoms with E-state index in [1.165, 1.54) is 5.56 Å². The van der Waals surface area contributed by atoms with E-state index >= 15 is 0 Å². The van der Waals surface area contributed by atoms with Crippen LogP contribution in [0.15, 0.2) is 52.9 Å². The predicted molar refractivity (Wildman–Crippen MR) is 88.2 cm³/mol. The summed E-state index contributed by atoms with van der Waals surface area (Å²) in [6.45, 7) is 4.01. The van der Waals surface area contributed by atoms with E-state index in [0.29, 0.717) is 23.9 Å². The SMILES string of the molecule is CC(=O)c1ccc(NCc2nnc(-c3ccc(C)cc3)o2)cc1. The molecule has 1 N–H and O–H groups in total. The number of nitrogens with one attached hydrogen (secondary N) is 1. The van der Waals surface area contributed by atoms with Crippen molar-refractivity contribution in [3.8, 4) is 11.5 Å². The van der Waals surface area contributed by atoms with E-state index in [1.807, 2.05) is 43.3 Å². The topological polar surface area (TPSA) is 68.0 Å². The van der Waals surface area contributed by atoms with Crippen LogP contribution < -0.4 is 5.32 Å². The first-order chi connectivity index (χ1) is 11.1. The largest absolute Gasteiger partial charge is 0.419 e. The molecule has 0 saturated carbocycles. The Kier molecular flexibility index (Phi) is 4.19. The summed E-state index contributed by atoms with van der Waals surface area (Å²) < 4.78 is 5.65. The van der Waals surface area contributed by atoms with Gasteiger partial charge in [-0.25, -0.2) is 0 Å². The Balaban J connectivity index is 1.65. The number of nitrogens with zero attached hydrogens (tertiary/aromatic N) is 2. The molecule has 0 aliphatic rings. The van der Waals surface area contributed by atoms with Gasteiger partial charge in [-0.1, -0.05) is 17.7 Å². The van der Waals surface area contributed by atoms with Crippen molar-refractivity contribution >= 4 is 11.5 Å². The van der Waals surface area contributed by atoms with Crippen LogP contribution in [0.5, 0.6) is 0 Å². The number of hydrogen-bond donors (Lipinski definition) is 1. The van der Waals surface area contributed by atoms with Crippen molar-refractivity contribution in [2.45, 2.75) is 20.4 Å². The molecule has 0 unspecified atom stereocenters. The van der Waals surface area contributed by atoms with E-state index in [1.54, 1.807) is 19.1 Å². The molecule has 0 bridgehead atoms. The summed E-state index contributed by atoms with van der Waals surface area (Å²) in [7, 11) is 0. The predicted octanol–water partition coefficient (Wildman–Crippen LogP) is 3.86. The van der Waals surface area contributed by atoms with Gasteiger partial charge in [0.15, 0.2) is 5.78 Å². The van der Waals surface area contributed by atoms with Crippen molar-refractivity contribution in [2.24, 2.45) is 0 Å². The third-order valence-corrected chi connectivity index (χ3v) is 3.50. The van der Waals surface area contributed by atoms with Gasteiger partial charge in [0.25, 0.3) is 0 Å². The molecule has 0 fully saturated rings. The lowest BCUT2D eigenvalue weighted by Crippen LogP contribution is -2.00. The normalized spacial score (nSPS) is 10.5. The van der Waals surface area contributed by atoms with Gasteiger partial charge in [0.1, 0.15) is 0 Å². The number of benzene rings is 2. The summed E-state index contributed by atoms with van der Waals surface area (Å²) in [5.74, 6) is 1.07. The Bertz CT molecular complexity index is 805. The Morgan fingerprint density at radius 2 is 1.74 bits per heavy atom. The highest BCUT2D eigenvalue weighted by Crippen LogP contribution is 2.19. The Morgan fingerprint density at radius 3 is 2.39 bits per heavy atom. The van der Waals surface area contributed by atoms with Crippen molar-refractivity contribution in [1.82, 2.24) is 10.2 Å². The molecule has 23 heavy (non-hydrogen) atoms. The first-order valence-electron chi connectivity index (χ1n) is 7.36. The summed E-state index contributed by atoms with van der Waals surface area (Å²) in [4.78, 5) is 11.2. The van der Waals surface area contributed by atoms with Crippen LogP contribution in [0.25, 0.3) is 11.5 Å². The molecule has 0 radical (unpaired) electrons. The van der Waals surface area contributed by atoms with Gasteiger partial charge in [0, 0.05) is 16.8 Å². The molecule has 0 aliphatic heterocycles. The number of rotatable bonds is 5. The summed E-state index contributed by atoms with van der Waals surface area (Å²) in [6, 6.07) is 15.2. The highest BCUT2D eigenvalue weighted by Gasteiger charge is 2.08. The number of anilines is 1. The molecule has 5 heteroatoms. The highest BCUT2D eigenvalue weighted by atomic mass is 16.4. The summed E-state index contributed by atoms with van der Waals surface area (Å²) in [5, 5.41) is 11.3. The molecular weight excluding hydrogens is 290 g/mol. The maximum absolute atomic E-state index is 11.2. The van der Waals surface area contributed by atoms with Crippen molar-refractivity contribution in [3.05, 3.63) is 65.5 Å². The molecule has 1 heterocycles. The maximum Gasteiger partial charge on any atom is 0.247 e. The van der Waals surface area contributed by atoms with Gasteiger partial charge in [-0.3, -0.25) is 4.79 Å². The monoisotopic (exact) mass is 307 g/mol. The van der Waals surface area contributed by atoms with E-state index in [9.17, 15) is 4.79 Å².